The van der Waals surface area contributed by atoms with E-state index in [0.29, 0.717) is 17.9 Å². The summed E-state index contributed by atoms with van der Waals surface area (Å²) in [5.74, 6) is 6.33. The Kier molecular flexibility index (Phi) is 11.9. The number of hydrogen-bond donors (Lipinski definition) is 0. The van der Waals surface area contributed by atoms with Crippen LogP contribution in [-0.4, -0.2) is 6.61 Å². The Labute approximate surface area is 154 Å². The predicted octanol–water partition coefficient (Wildman–Crippen LogP) is 7.13. The minimum Gasteiger partial charge on any atom is -0.491 e. The summed E-state index contributed by atoms with van der Waals surface area (Å²) in [6, 6.07) is 4.98. The molecule has 0 aromatic heterocycles. The van der Waals surface area contributed by atoms with Crippen molar-refractivity contribution < 1.29 is 9.13 Å². The maximum atomic E-state index is 14.0. The molecule has 0 aliphatic heterocycles. The third-order valence-electron chi connectivity index (χ3n) is 4.19. The molecule has 0 amide bonds. The molecular weight excluding hydrogens is 311 g/mol. The monoisotopic (exact) mass is 346 g/mol. The highest BCUT2D eigenvalue weighted by molar-refractivity contribution is 5.39. The highest BCUT2D eigenvalue weighted by Crippen LogP contribution is 2.19. The lowest BCUT2D eigenvalue weighted by molar-refractivity contribution is 0.290. The van der Waals surface area contributed by atoms with Gasteiger partial charge in [-0.1, -0.05) is 90.4 Å². The Morgan fingerprint density at radius 2 is 1.52 bits per heavy atom. The minimum atomic E-state index is -0.317. The van der Waals surface area contributed by atoms with Crippen LogP contribution in [0, 0.1) is 23.6 Å². The van der Waals surface area contributed by atoms with E-state index in [-0.39, 0.29) is 11.7 Å². The lowest BCUT2D eigenvalue weighted by Crippen LogP contribution is -1.99. The Bertz CT molecular complexity index is 525. The summed E-state index contributed by atoms with van der Waals surface area (Å²) >= 11 is 0. The maximum Gasteiger partial charge on any atom is 0.166 e. The minimum absolute atomic E-state index is 0.287. The zero-order chi connectivity index (χ0) is 18.3. The Balaban J connectivity index is 2.11. The first-order chi connectivity index (χ1) is 12.1. The molecule has 0 unspecified atom stereocenters. The molecule has 1 rings (SSSR count). The first-order valence-corrected chi connectivity index (χ1v) is 10.1. The molecule has 0 atom stereocenters. The zero-order valence-electron chi connectivity index (χ0n) is 16.4. The smallest absolute Gasteiger partial charge is 0.166 e. The second-order valence-electron chi connectivity index (χ2n) is 7.10. The van der Waals surface area contributed by atoms with Crippen molar-refractivity contribution >= 4 is 0 Å². The molecule has 0 spiro atoms. The molecule has 1 nitrogen and oxygen atoms in total. The predicted molar refractivity (Wildman–Crippen MR) is 105 cm³/mol. The number of rotatable bonds is 12. The summed E-state index contributed by atoms with van der Waals surface area (Å²) in [6.45, 7) is 6.88. The maximum absolute atomic E-state index is 14.0. The Morgan fingerprint density at radius 3 is 2.08 bits per heavy atom. The van der Waals surface area contributed by atoms with Gasteiger partial charge in [0.05, 0.1) is 6.61 Å². The van der Waals surface area contributed by atoms with E-state index >= 15 is 0 Å². The second kappa shape index (κ2) is 13.8. The second-order valence-corrected chi connectivity index (χ2v) is 7.10. The van der Waals surface area contributed by atoms with Crippen molar-refractivity contribution in [2.45, 2.75) is 85.0 Å². The van der Waals surface area contributed by atoms with Crippen LogP contribution in [0.15, 0.2) is 18.2 Å². The van der Waals surface area contributed by atoms with Gasteiger partial charge in [-0.2, -0.15) is 0 Å². The van der Waals surface area contributed by atoms with Crippen molar-refractivity contribution in [2.24, 2.45) is 5.92 Å². The van der Waals surface area contributed by atoms with E-state index in [2.05, 4.69) is 18.8 Å². The van der Waals surface area contributed by atoms with E-state index in [1.807, 2.05) is 19.9 Å². The van der Waals surface area contributed by atoms with Crippen molar-refractivity contribution in [3.05, 3.63) is 29.6 Å². The van der Waals surface area contributed by atoms with Crippen molar-refractivity contribution in [1.82, 2.24) is 0 Å². The molecule has 0 saturated heterocycles. The summed E-state index contributed by atoms with van der Waals surface area (Å²) in [7, 11) is 0. The van der Waals surface area contributed by atoms with Gasteiger partial charge in [-0.05, 0) is 24.6 Å². The van der Waals surface area contributed by atoms with Gasteiger partial charge < -0.3 is 4.74 Å². The summed E-state index contributed by atoms with van der Waals surface area (Å²) in [6.07, 6.45) is 12.9. The molecular formula is C23H35FO. The fourth-order valence-corrected chi connectivity index (χ4v) is 2.69. The number of ether oxygens (including phenoxy) is 1. The molecule has 0 N–H and O–H groups in total. The van der Waals surface area contributed by atoms with E-state index < -0.39 is 0 Å². The van der Waals surface area contributed by atoms with Crippen LogP contribution in [0.5, 0.6) is 5.75 Å². The molecule has 2 heteroatoms. The molecule has 1 aromatic rings. The average Bonchev–Trinajstić information content (AvgIpc) is 2.59. The molecule has 140 valence electrons. The van der Waals surface area contributed by atoms with Gasteiger partial charge in [-0.15, -0.1) is 0 Å². The quantitative estimate of drug-likeness (QED) is 0.289. The summed E-state index contributed by atoms with van der Waals surface area (Å²) in [4.78, 5) is 0. The van der Waals surface area contributed by atoms with Gasteiger partial charge in [0.25, 0.3) is 0 Å². The van der Waals surface area contributed by atoms with E-state index in [4.69, 9.17) is 4.74 Å². The number of halogens is 1. The Hall–Kier alpha value is -1.49. The first-order valence-electron chi connectivity index (χ1n) is 10.1. The third kappa shape index (κ3) is 10.9. The molecule has 0 fully saturated rings. The van der Waals surface area contributed by atoms with Gasteiger partial charge in [0.15, 0.2) is 11.6 Å². The van der Waals surface area contributed by atoms with E-state index in [0.717, 1.165) is 12.8 Å². The molecule has 0 bridgehead atoms. The highest BCUT2D eigenvalue weighted by Gasteiger charge is 2.04. The Morgan fingerprint density at radius 1 is 0.920 bits per heavy atom. The lowest BCUT2D eigenvalue weighted by Gasteiger charge is -2.07. The van der Waals surface area contributed by atoms with Gasteiger partial charge in [0.1, 0.15) is 0 Å². The lowest BCUT2D eigenvalue weighted by atomic mass is 10.1. The van der Waals surface area contributed by atoms with Crippen molar-refractivity contribution in [3.63, 3.8) is 0 Å². The molecule has 0 heterocycles. The highest BCUT2D eigenvalue weighted by atomic mass is 19.1. The van der Waals surface area contributed by atoms with Crippen molar-refractivity contribution in [1.29, 1.82) is 0 Å². The summed E-state index contributed by atoms with van der Waals surface area (Å²) in [5.41, 5.74) is 0.706. The van der Waals surface area contributed by atoms with E-state index in [1.54, 1.807) is 6.07 Å². The van der Waals surface area contributed by atoms with Crippen molar-refractivity contribution in [2.75, 3.05) is 6.61 Å². The van der Waals surface area contributed by atoms with Gasteiger partial charge in [0.2, 0.25) is 0 Å². The summed E-state index contributed by atoms with van der Waals surface area (Å²) < 4.78 is 19.6. The largest absolute Gasteiger partial charge is 0.491 e. The zero-order valence-corrected chi connectivity index (χ0v) is 16.4. The third-order valence-corrected chi connectivity index (χ3v) is 4.19. The fraction of sp³-hybridized carbons (Fsp3) is 0.652. The standard InChI is InChI=1S/C23H35FO/c1-4-5-6-7-8-9-10-11-12-13-18-25-23-17-16-21(19-22(23)24)15-14-20(2)3/h16-17,19-20H,4-13,18H2,1-3H3. The van der Waals surface area contributed by atoms with Gasteiger partial charge in [0, 0.05) is 11.5 Å². The molecule has 0 aliphatic rings. The molecule has 0 aliphatic carbocycles. The topological polar surface area (TPSA) is 9.23 Å². The van der Waals surface area contributed by atoms with E-state index in [1.165, 1.54) is 57.4 Å². The molecule has 1 aromatic carbocycles. The molecule has 25 heavy (non-hydrogen) atoms. The normalized spacial score (nSPS) is 10.6. The summed E-state index contributed by atoms with van der Waals surface area (Å²) in [5, 5.41) is 0. The van der Waals surface area contributed by atoms with Crippen LogP contribution < -0.4 is 4.74 Å². The van der Waals surface area contributed by atoms with Gasteiger partial charge >= 0.3 is 0 Å². The van der Waals surface area contributed by atoms with Crippen LogP contribution in [0.25, 0.3) is 0 Å². The first kappa shape index (κ1) is 21.6. The van der Waals surface area contributed by atoms with Crippen molar-refractivity contribution in [3.8, 4) is 17.6 Å². The van der Waals surface area contributed by atoms with Crippen LogP contribution in [0.2, 0.25) is 0 Å². The van der Waals surface area contributed by atoms with Gasteiger partial charge in [-0.25, -0.2) is 4.39 Å². The van der Waals surface area contributed by atoms with E-state index in [9.17, 15) is 4.39 Å². The SMILES string of the molecule is CCCCCCCCCCCCOc1ccc(C#CC(C)C)cc1F. The average molecular weight is 347 g/mol. The van der Waals surface area contributed by atoms with Gasteiger partial charge in [-0.3, -0.25) is 0 Å². The van der Waals surface area contributed by atoms with Crippen LogP contribution in [0.1, 0.15) is 90.5 Å². The molecule has 0 saturated carbocycles. The van der Waals surface area contributed by atoms with Crippen LogP contribution in [-0.2, 0) is 0 Å². The fourth-order valence-electron chi connectivity index (χ4n) is 2.69. The number of unbranched alkanes of at least 4 members (excludes halogenated alkanes) is 9. The number of benzene rings is 1. The van der Waals surface area contributed by atoms with Crippen LogP contribution in [0.3, 0.4) is 0 Å². The number of hydrogen-bond acceptors (Lipinski definition) is 1. The molecule has 0 radical (unpaired) electrons. The van der Waals surface area contributed by atoms with Crippen LogP contribution >= 0.6 is 0 Å². The van der Waals surface area contributed by atoms with Crippen LogP contribution in [0.4, 0.5) is 4.39 Å².